The van der Waals surface area contributed by atoms with Crippen LogP contribution in [0.3, 0.4) is 0 Å². The maximum atomic E-state index is 5.90. The summed E-state index contributed by atoms with van der Waals surface area (Å²) in [5.41, 5.74) is 7.98. The van der Waals surface area contributed by atoms with Crippen LogP contribution in [-0.4, -0.2) is 27.2 Å². The van der Waals surface area contributed by atoms with Crippen molar-refractivity contribution in [3.63, 3.8) is 0 Å². The molecule has 0 saturated heterocycles. The van der Waals surface area contributed by atoms with E-state index in [1.165, 1.54) is 31.2 Å². The van der Waals surface area contributed by atoms with Crippen molar-refractivity contribution < 1.29 is 0 Å². The van der Waals surface area contributed by atoms with E-state index >= 15 is 0 Å². The lowest BCUT2D eigenvalue weighted by Gasteiger charge is -2.32. The molecule has 1 fully saturated rings. The Bertz CT molecular complexity index is 562. The summed E-state index contributed by atoms with van der Waals surface area (Å²) in [4.78, 5) is 4.26. The maximum absolute atomic E-state index is 5.90. The summed E-state index contributed by atoms with van der Waals surface area (Å²) >= 11 is 0. The number of fused-ring (bicyclic) bond motifs is 1. The van der Waals surface area contributed by atoms with Crippen molar-refractivity contribution >= 4 is 11.5 Å². The largest absolute Gasteiger partial charge is 0.367 e. The van der Waals surface area contributed by atoms with Crippen LogP contribution in [-0.2, 0) is 0 Å². The van der Waals surface area contributed by atoms with Crippen LogP contribution in [0.4, 0.5) is 5.82 Å². The molecule has 102 valence electrons. The van der Waals surface area contributed by atoms with Crippen LogP contribution in [0.2, 0.25) is 0 Å². The van der Waals surface area contributed by atoms with Gasteiger partial charge in [-0.3, -0.25) is 0 Å². The van der Waals surface area contributed by atoms with Gasteiger partial charge in [0, 0.05) is 6.04 Å². The Morgan fingerprint density at radius 2 is 2.21 bits per heavy atom. The Hall–Kier alpha value is -1.62. The topological polar surface area (TPSA) is 68.2 Å². The zero-order valence-electron chi connectivity index (χ0n) is 11.3. The Kier molecular flexibility index (Phi) is 3.38. The molecule has 2 heterocycles. The Balaban J connectivity index is 1.89. The number of rotatable bonds is 3. The predicted molar refractivity (Wildman–Crippen MR) is 76.1 cm³/mol. The molecule has 0 aromatic carbocycles. The van der Waals surface area contributed by atoms with E-state index in [1.807, 2.05) is 10.6 Å². The highest BCUT2D eigenvalue weighted by Gasteiger charge is 2.24. The van der Waals surface area contributed by atoms with E-state index in [0.29, 0.717) is 12.0 Å². The third kappa shape index (κ3) is 2.42. The molecule has 2 aromatic rings. The van der Waals surface area contributed by atoms with Gasteiger partial charge < -0.3 is 11.1 Å². The quantitative estimate of drug-likeness (QED) is 0.884. The van der Waals surface area contributed by atoms with Gasteiger partial charge in [-0.15, -0.1) is 0 Å². The molecule has 1 aliphatic rings. The van der Waals surface area contributed by atoms with Crippen LogP contribution in [0.15, 0.2) is 18.5 Å². The van der Waals surface area contributed by atoms with Gasteiger partial charge in [-0.05, 0) is 49.9 Å². The molecule has 2 aromatic heterocycles. The monoisotopic (exact) mass is 259 g/mol. The predicted octanol–water partition coefficient (Wildman–Crippen LogP) is 1.97. The van der Waals surface area contributed by atoms with Crippen molar-refractivity contribution in [3.8, 4) is 0 Å². The van der Waals surface area contributed by atoms with E-state index in [0.717, 1.165) is 18.0 Å². The van der Waals surface area contributed by atoms with Crippen LogP contribution in [0.5, 0.6) is 0 Å². The number of nitrogens with two attached hydrogens (primary N) is 1. The van der Waals surface area contributed by atoms with Gasteiger partial charge in [-0.1, -0.05) is 12.8 Å². The summed E-state index contributed by atoms with van der Waals surface area (Å²) < 4.78 is 1.87. The second-order valence-corrected chi connectivity index (χ2v) is 5.48. The van der Waals surface area contributed by atoms with E-state index in [-0.39, 0.29) is 0 Å². The number of hydrogen-bond donors (Lipinski definition) is 2. The van der Waals surface area contributed by atoms with Crippen molar-refractivity contribution in [1.82, 2.24) is 14.6 Å². The molecule has 19 heavy (non-hydrogen) atoms. The number of aryl methyl sites for hydroxylation is 1. The van der Waals surface area contributed by atoms with Crippen molar-refractivity contribution in [2.75, 3.05) is 11.9 Å². The number of aromatic nitrogens is 3. The first kappa shape index (κ1) is 12.4. The van der Waals surface area contributed by atoms with E-state index in [2.05, 4.69) is 28.4 Å². The lowest BCUT2D eigenvalue weighted by molar-refractivity contribution is 0.332. The smallest absolute Gasteiger partial charge is 0.157 e. The molecular weight excluding hydrogens is 238 g/mol. The van der Waals surface area contributed by atoms with Crippen molar-refractivity contribution in [2.24, 2.45) is 11.7 Å². The SMILES string of the molecule is Cc1cc(NC2CCCCC2CN)n2ncnc2c1. The van der Waals surface area contributed by atoms with Gasteiger partial charge in [-0.2, -0.15) is 9.61 Å². The highest BCUT2D eigenvalue weighted by molar-refractivity contribution is 5.51. The number of hydrogen-bond acceptors (Lipinski definition) is 4. The summed E-state index contributed by atoms with van der Waals surface area (Å²) in [6, 6.07) is 4.62. The number of nitrogens with zero attached hydrogens (tertiary/aromatic N) is 3. The Morgan fingerprint density at radius 3 is 3.05 bits per heavy atom. The lowest BCUT2D eigenvalue weighted by atomic mass is 9.84. The molecule has 5 heteroatoms. The Morgan fingerprint density at radius 1 is 1.37 bits per heavy atom. The minimum absolute atomic E-state index is 0.452. The lowest BCUT2D eigenvalue weighted by Crippen LogP contribution is -2.37. The Labute approximate surface area is 113 Å². The summed E-state index contributed by atoms with van der Waals surface area (Å²) in [5, 5.41) is 7.92. The summed E-state index contributed by atoms with van der Waals surface area (Å²) in [6.07, 6.45) is 6.58. The molecule has 0 radical (unpaired) electrons. The van der Waals surface area contributed by atoms with Gasteiger partial charge in [0.2, 0.25) is 0 Å². The first-order chi connectivity index (χ1) is 9.28. The van der Waals surface area contributed by atoms with Crippen molar-refractivity contribution in [1.29, 1.82) is 0 Å². The first-order valence-corrected chi connectivity index (χ1v) is 7.05. The molecule has 3 rings (SSSR count). The summed E-state index contributed by atoms with van der Waals surface area (Å²) in [5.74, 6) is 1.59. The second-order valence-electron chi connectivity index (χ2n) is 5.48. The third-order valence-corrected chi connectivity index (χ3v) is 4.07. The molecule has 5 nitrogen and oxygen atoms in total. The van der Waals surface area contributed by atoms with Gasteiger partial charge in [0.15, 0.2) is 5.65 Å². The fourth-order valence-corrected chi connectivity index (χ4v) is 3.03. The fourth-order valence-electron chi connectivity index (χ4n) is 3.03. The highest BCUT2D eigenvalue weighted by Crippen LogP contribution is 2.27. The van der Waals surface area contributed by atoms with Gasteiger partial charge in [-0.25, -0.2) is 4.98 Å². The van der Waals surface area contributed by atoms with Gasteiger partial charge in [0.05, 0.1) is 0 Å². The summed E-state index contributed by atoms with van der Waals surface area (Å²) in [7, 11) is 0. The van der Waals surface area contributed by atoms with Crippen molar-refractivity contribution in [3.05, 3.63) is 24.0 Å². The molecular formula is C14H21N5. The molecule has 0 amide bonds. The molecule has 3 N–H and O–H groups in total. The van der Waals surface area contributed by atoms with Gasteiger partial charge in [0.1, 0.15) is 12.1 Å². The normalized spacial score (nSPS) is 23.7. The summed E-state index contributed by atoms with van der Waals surface area (Å²) in [6.45, 7) is 2.84. The zero-order chi connectivity index (χ0) is 13.2. The molecule has 2 unspecified atom stereocenters. The van der Waals surface area contributed by atoms with Crippen LogP contribution in [0, 0.1) is 12.8 Å². The molecule has 1 aliphatic carbocycles. The van der Waals surface area contributed by atoms with Crippen LogP contribution in [0.25, 0.3) is 5.65 Å². The molecule has 0 aliphatic heterocycles. The fraction of sp³-hybridized carbons (Fsp3) is 0.571. The second kappa shape index (κ2) is 5.17. The minimum Gasteiger partial charge on any atom is -0.367 e. The van der Waals surface area contributed by atoms with E-state index in [1.54, 1.807) is 6.33 Å². The molecule has 1 saturated carbocycles. The molecule has 0 spiro atoms. The third-order valence-electron chi connectivity index (χ3n) is 4.07. The first-order valence-electron chi connectivity index (χ1n) is 7.05. The molecule has 2 atom stereocenters. The number of nitrogens with one attached hydrogen (secondary N) is 1. The average molecular weight is 259 g/mol. The standard InChI is InChI=1S/C14H21N5/c1-10-6-13-16-9-17-19(13)14(7-10)18-12-5-3-2-4-11(12)8-15/h6-7,9,11-12,18H,2-5,8,15H2,1H3. The van der Waals surface area contributed by atoms with Crippen molar-refractivity contribution in [2.45, 2.75) is 38.6 Å². The zero-order valence-corrected chi connectivity index (χ0v) is 11.3. The minimum atomic E-state index is 0.452. The number of anilines is 1. The van der Waals surface area contributed by atoms with Crippen LogP contribution in [0.1, 0.15) is 31.2 Å². The molecule has 0 bridgehead atoms. The van der Waals surface area contributed by atoms with Gasteiger partial charge in [0.25, 0.3) is 0 Å². The van der Waals surface area contributed by atoms with E-state index < -0.39 is 0 Å². The number of pyridine rings is 1. The van der Waals surface area contributed by atoms with E-state index in [4.69, 9.17) is 5.73 Å². The van der Waals surface area contributed by atoms with E-state index in [9.17, 15) is 0 Å². The average Bonchev–Trinajstić information content (AvgIpc) is 2.87. The van der Waals surface area contributed by atoms with Gasteiger partial charge >= 0.3 is 0 Å². The van der Waals surface area contributed by atoms with Crippen LogP contribution < -0.4 is 11.1 Å². The maximum Gasteiger partial charge on any atom is 0.157 e. The van der Waals surface area contributed by atoms with Crippen LogP contribution >= 0.6 is 0 Å². The highest BCUT2D eigenvalue weighted by atomic mass is 15.3.